The van der Waals surface area contributed by atoms with Crippen LogP contribution >= 0.6 is 0 Å². The predicted molar refractivity (Wildman–Crippen MR) is 69.7 cm³/mol. The monoisotopic (exact) mass is 236 g/mol. The molecule has 88 valence electrons. The van der Waals surface area contributed by atoms with Crippen molar-refractivity contribution in [1.29, 1.82) is 0 Å². The van der Waals surface area contributed by atoms with E-state index in [1.807, 2.05) is 36.4 Å². The van der Waals surface area contributed by atoms with Crippen LogP contribution in [-0.2, 0) is 4.79 Å². The first-order valence-corrected chi connectivity index (χ1v) is 5.61. The van der Waals surface area contributed by atoms with Crippen molar-refractivity contribution in [1.82, 2.24) is 0 Å². The summed E-state index contributed by atoms with van der Waals surface area (Å²) in [5.74, 6) is 4.70. The van der Waals surface area contributed by atoms with Crippen molar-refractivity contribution < 1.29 is 9.90 Å². The molecule has 0 saturated heterocycles. The van der Waals surface area contributed by atoms with Gasteiger partial charge in [-0.05, 0) is 23.6 Å². The highest BCUT2D eigenvalue weighted by Crippen LogP contribution is 2.12. The van der Waals surface area contributed by atoms with E-state index < -0.39 is 11.9 Å². The van der Waals surface area contributed by atoms with Crippen LogP contribution in [0.4, 0.5) is 0 Å². The molecule has 0 aliphatic carbocycles. The Kier molecular flexibility index (Phi) is 3.90. The van der Waals surface area contributed by atoms with Crippen LogP contribution < -0.4 is 0 Å². The number of carbonyl (C=O) groups excluding carboxylic acids is 1. The van der Waals surface area contributed by atoms with Crippen LogP contribution in [0.3, 0.4) is 0 Å². The molecule has 1 N–H and O–H groups in total. The Hall–Kier alpha value is -2.37. The Morgan fingerprint density at radius 3 is 2.11 bits per heavy atom. The van der Waals surface area contributed by atoms with Crippen molar-refractivity contribution >= 4 is 5.78 Å². The third-order valence-electron chi connectivity index (χ3n) is 2.47. The standard InChI is InChI=1S/C16H12O2/c17-15(12-11-13-7-3-1-4-8-13)16(18)14-9-5-2-6-10-14/h1-10,16,18H/t16-/m1/s1. The molecule has 0 unspecified atom stereocenters. The summed E-state index contributed by atoms with van der Waals surface area (Å²) in [7, 11) is 0. The number of rotatable bonds is 2. The van der Waals surface area contributed by atoms with Crippen LogP contribution in [0.15, 0.2) is 60.7 Å². The van der Waals surface area contributed by atoms with Crippen molar-refractivity contribution in [3.63, 3.8) is 0 Å². The molecule has 2 rings (SSSR count). The molecular weight excluding hydrogens is 224 g/mol. The molecule has 0 saturated carbocycles. The van der Waals surface area contributed by atoms with Crippen molar-refractivity contribution in [2.75, 3.05) is 0 Å². The maximum absolute atomic E-state index is 11.7. The van der Waals surface area contributed by atoms with E-state index in [-0.39, 0.29) is 0 Å². The van der Waals surface area contributed by atoms with Gasteiger partial charge in [-0.25, -0.2) is 0 Å². The van der Waals surface area contributed by atoms with Gasteiger partial charge in [0.2, 0.25) is 5.78 Å². The van der Waals surface area contributed by atoms with Gasteiger partial charge in [-0.1, -0.05) is 54.5 Å². The van der Waals surface area contributed by atoms with Gasteiger partial charge in [-0.3, -0.25) is 4.79 Å². The molecule has 0 spiro atoms. The molecule has 0 amide bonds. The summed E-state index contributed by atoms with van der Waals surface area (Å²) in [5.41, 5.74) is 1.32. The fourth-order valence-corrected chi connectivity index (χ4v) is 1.51. The van der Waals surface area contributed by atoms with E-state index in [1.165, 1.54) is 0 Å². The fraction of sp³-hybridized carbons (Fsp3) is 0.0625. The summed E-state index contributed by atoms with van der Waals surface area (Å²) in [6.45, 7) is 0. The highest BCUT2D eigenvalue weighted by molar-refractivity contribution is 5.99. The van der Waals surface area contributed by atoms with Crippen molar-refractivity contribution in [2.24, 2.45) is 0 Å². The Bertz CT molecular complexity index is 577. The third-order valence-corrected chi connectivity index (χ3v) is 2.47. The summed E-state index contributed by atoms with van der Waals surface area (Å²) < 4.78 is 0. The third kappa shape index (κ3) is 3.07. The Labute approximate surface area is 106 Å². The first-order chi connectivity index (χ1) is 8.77. The molecule has 2 nitrogen and oxygen atoms in total. The van der Waals surface area contributed by atoms with Gasteiger partial charge in [0.15, 0.2) is 0 Å². The number of aliphatic hydroxyl groups excluding tert-OH is 1. The van der Waals surface area contributed by atoms with Crippen molar-refractivity contribution in [3.8, 4) is 11.8 Å². The number of ketones is 1. The van der Waals surface area contributed by atoms with Crippen LogP contribution in [-0.4, -0.2) is 10.9 Å². The van der Waals surface area contributed by atoms with Gasteiger partial charge in [0.05, 0.1) is 0 Å². The Morgan fingerprint density at radius 1 is 0.944 bits per heavy atom. The van der Waals surface area contributed by atoms with Crippen molar-refractivity contribution in [2.45, 2.75) is 6.10 Å². The Balaban J connectivity index is 2.12. The van der Waals surface area contributed by atoms with E-state index in [0.29, 0.717) is 5.56 Å². The van der Waals surface area contributed by atoms with Gasteiger partial charge < -0.3 is 5.11 Å². The fourth-order valence-electron chi connectivity index (χ4n) is 1.51. The maximum Gasteiger partial charge on any atom is 0.238 e. The molecule has 2 aromatic carbocycles. The minimum Gasteiger partial charge on any atom is -0.379 e. The van der Waals surface area contributed by atoms with Crippen LogP contribution in [0.2, 0.25) is 0 Å². The molecule has 0 bridgehead atoms. The molecule has 2 heteroatoms. The summed E-state index contributed by atoms with van der Waals surface area (Å²) in [4.78, 5) is 11.7. The maximum atomic E-state index is 11.7. The van der Waals surface area contributed by atoms with Crippen LogP contribution in [0.1, 0.15) is 17.2 Å². The van der Waals surface area contributed by atoms with E-state index in [1.54, 1.807) is 24.3 Å². The summed E-state index contributed by atoms with van der Waals surface area (Å²) in [6.07, 6.45) is -1.18. The molecule has 0 aliphatic heterocycles. The van der Waals surface area contributed by atoms with Gasteiger partial charge in [0.25, 0.3) is 0 Å². The first-order valence-electron chi connectivity index (χ1n) is 5.61. The number of hydrogen-bond acceptors (Lipinski definition) is 2. The van der Waals surface area contributed by atoms with Gasteiger partial charge in [-0.15, -0.1) is 0 Å². The molecule has 2 aromatic rings. The van der Waals surface area contributed by atoms with Crippen LogP contribution in [0, 0.1) is 11.8 Å². The highest BCUT2D eigenvalue weighted by atomic mass is 16.3. The molecule has 0 radical (unpaired) electrons. The smallest absolute Gasteiger partial charge is 0.238 e. The van der Waals surface area contributed by atoms with Gasteiger partial charge in [-0.2, -0.15) is 0 Å². The zero-order valence-electron chi connectivity index (χ0n) is 9.71. The summed E-state index contributed by atoms with van der Waals surface area (Å²) >= 11 is 0. The topological polar surface area (TPSA) is 37.3 Å². The Morgan fingerprint density at radius 2 is 1.50 bits per heavy atom. The van der Waals surface area contributed by atoms with E-state index >= 15 is 0 Å². The van der Waals surface area contributed by atoms with Gasteiger partial charge >= 0.3 is 0 Å². The van der Waals surface area contributed by atoms with Crippen LogP contribution in [0.25, 0.3) is 0 Å². The van der Waals surface area contributed by atoms with E-state index in [9.17, 15) is 9.90 Å². The second-order valence-corrected chi connectivity index (χ2v) is 3.79. The molecule has 0 aliphatic rings. The molecule has 0 heterocycles. The summed E-state index contributed by atoms with van der Waals surface area (Å²) in [5, 5.41) is 9.82. The van der Waals surface area contributed by atoms with Gasteiger partial charge in [0, 0.05) is 5.56 Å². The SMILES string of the molecule is O=C(C#Cc1ccccc1)[C@H](O)c1ccccc1. The summed E-state index contributed by atoms with van der Waals surface area (Å²) in [6, 6.07) is 18.0. The minimum atomic E-state index is -1.18. The molecule has 1 atom stereocenters. The first kappa shape index (κ1) is 12.1. The molecule has 0 aromatic heterocycles. The normalized spacial score (nSPS) is 11.2. The highest BCUT2D eigenvalue weighted by Gasteiger charge is 2.14. The number of carbonyl (C=O) groups is 1. The second-order valence-electron chi connectivity index (χ2n) is 3.79. The molecule has 18 heavy (non-hydrogen) atoms. The lowest BCUT2D eigenvalue weighted by Gasteiger charge is -2.04. The molecular formula is C16H12O2. The van der Waals surface area contributed by atoms with Gasteiger partial charge in [0.1, 0.15) is 6.10 Å². The minimum absolute atomic E-state index is 0.495. The van der Waals surface area contributed by atoms with Crippen molar-refractivity contribution in [3.05, 3.63) is 71.8 Å². The number of benzene rings is 2. The lowest BCUT2D eigenvalue weighted by Crippen LogP contribution is -2.09. The van der Waals surface area contributed by atoms with Crippen LogP contribution in [0.5, 0.6) is 0 Å². The zero-order valence-corrected chi connectivity index (χ0v) is 9.71. The quantitative estimate of drug-likeness (QED) is 0.813. The number of Topliss-reactive ketones (excluding diaryl/α,β-unsaturated/α-hetero) is 1. The lowest BCUT2D eigenvalue weighted by molar-refractivity contribution is -0.121. The zero-order chi connectivity index (χ0) is 12.8. The van der Waals surface area contributed by atoms with E-state index in [4.69, 9.17) is 0 Å². The molecule has 0 fully saturated rings. The predicted octanol–water partition coefficient (Wildman–Crippen LogP) is 2.34. The largest absolute Gasteiger partial charge is 0.379 e. The number of hydrogen-bond donors (Lipinski definition) is 1. The average molecular weight is 236 g/mol. The second kappa shape index (κ2) is 5.81. The number of aliphatic hydroxyl groups is 1. The van der Waals surface area contributed by atoms with E-state index in [2.05, 4.69) is 11.8 Å². The van der Waals surface area contributed by atoms with E-state index in [0.717, 1.165) is 5.56 Å². The average Bonchev–Trinajstić information content (AvgIpc) is 2.46. The lowest BCUT2D eigenvalue weighted by atomic mass is 10.1.